The predicted molar refractivity (Wildman–Crippen MR) is 77.8 cm³/mol. The molecule has 0 saturated carbocycles. The van der Waals surface area contributed by atoms with Crippen LogP contribution >= 0.6 is 0 Å². The molecule has 1 amide bonds. The van der Waals surface area contributed by atoms with Crippen LogP contribution in [0.5, 0.6) is 0 Å². The highest BCUT2D eigenvalue weighted by atomic mass is 16.2. The summed E-state index contributed by atoms with van der Waals surface area (Å²) < 4.78 is 0. The molecule has 1 heterocycles. The molecule has 104 valence electrons. The Morgan fingerprint density at radius 1 is 1.26 bits per heavy atom. The van der Waals surface area contributed by atoms with Crippen LogP contribution in [-0.2, 0) is 10.2 Å². The van der Waals surface area contributed by atoms with Crippen LogP contribution in [0.2, 0.25) is 0 Å². The topological polar surface area (TPSA) is 46.3 Å². The molecule has 1 aliphatic rings. The fourth-order valence-corrected chi connectivity index (χ4v) is 2.55. The van der Waals surface area contributed by atoms with Gasteiger partial charge in [-0.05, 0) is 25.3 Å². The number of hydrogen-bond acceptors (Lipinski definition) is 2. The maximum absolute atomic E-state index is 12.6. The van der Waals surface area contributed by atoms with E-state index in [1.807, 2.05) is 49.1 Å². The molecule has 19 heavy (non-hydrogen) atoms. The number of hydrogen-bond donors (Lipinski definition) is 1. The molecule has 1 fully saturated rings. The lowest BCUT2D eigenvalue weighted by Gasteiger charge is -2.52. The summed E-state index contributed by atoms with van der Waals surface area (Å²) in [5, 5.41) is 0. The zero-order chi connectivity index (χ0) is 14.3. The van der Waals surface area contributed by atoms with Crippen molar-refractivity contribution in [3.05, 3.63) is 35.9 Å². The molecule has 1 aromatic carbocycles. The van der Waals surface area contributed by atoms with Crippen LogP contribution in [0.25, 0.3) is 0 Å². The van der Waals surface area contributed by atoms with Crippen molar-refractivity contribution >= 4 is 5.91 Å². The van der Waals surface area contributed by atoms with Gasteiger partial charge >= 0.3 is 0 Å². The fraction of sp³-hybridized carbons (Fsp3) is 0.562. The number of rotatable bonds is 3. The van der Waals surface area contributed by atoms with Gasteiger partial charge < -0.3 is 10.6 Å². The van der Waals surface area contributed by atoms with E-state index in [4.69, 9.17) is 5.73 Å². The van der Waals surface area contributed by atoms with Gasteiger partial charge in [0.05, 0.1) is 11.0 Å². The molecule has 1 aliphatic heterocycles. The van der Waals surface area contributed by atoms with Crippen LogP contribution in [-0.4, -0.2) is 29.4 Å². The van der Waals surface area contributed by atoms with Crippen molar-refractivity contribution in [2.45, 2.75) is 38.6 Å². The first-order valence-corrected chi connectivity index (χ1v) is 6.91. The number of benzene rings is 1. The molecule has 0 spiro atoms. The quantitative estimate of drug-likeness (QED) is 0.905. The molecular formula is C16H24N2O. The van der Waals surface area contributed by atoms with Crippen LogP contribution < -0.4 is 5.73 Å². The minimum atomic E-state index is -0.487. The minimum absolute atomic E-state index is 0.167. The van der Waals surface area contributed by atoms with Gasteiger partial charge in [0.15, 0.2) is 0 Å². The standard InChI is InChI=1S/C16H24N2O/c1-12(2)16(17)10-18(11-16)14(19)15(3,4)13-8-6-5-7-9-13/h5-9,12H,10-11,17H2,1-4H3. The van der Waals surface area contributed by atoms with E-state index < -0.39 is 5.41 Å². The van der Waals surface area contributed by atoms with Crippen molar-refractivity contribution in [3.8, 4) is 0 Å². The zero-order valence-electron chi connectivity index (χ0n) is 12.3. The molecule has 1 saturated heterocycles. The average molecular weight is 260 g/mol. The van der Waals surface area contributed by atoms with Crippen molar-refractivity contribution in [1.29, 1.82) is 0 Å². The lowest BCUT2D eigenvalue weighted by atomic mass is 9.76. The van der Waals surface area contributed by atoms with Gasteiger partial charge in [0.25, 0.3) is 0 Å². The maximum Gasteiger partial charge on any atom is 0.232 e. The minimum Gasteiger partial charge on any atom is -0.338 e. The Hall–Kier alpha value is -1.35. The Kier molecular flexibility index (Phi) is 3.43. The molecular weight excluding hydrogens is 236 g/mol. The van der Waals surface area contributed by atoms with E-state index in [0.717, 1.165) is 5.56 Å². The van der Waals surface area contributed by atoms with Gasteiger partial charge in [0.1, 0.15) is 0 Å². The summed E-state index contributed by atoms with van der Waals surface area (Å²) in [7, 11) is 0. The van der Waals surface area contributed by atoms with Crippen LogP contribution in [0.4, 0.5) is 0 Å². The largest absolute Gasteiger partial charge is 0.338 e. The smallest absolute Gasteiger partial charge is 0.232 e. The highest BCUT2D eigenvalue weighted by Crippen LogP contribution is 2.32. The van der Waals surface area contributed by atoms with Crippen LogP contribution in [0.1, 0.15) is 33.3 Å². The molecule has 0 radical (unpaired) electrons. The molecule has 0 aliphatic carbocycles. The number of carbonyl (C=O) groups is 1. The maximum atomic E-state index is 12.6. The SMILES string of the molecule is CC(C)C1(N)CN(C(=O)C(C)(C)c2ccccc2)C1. The summed E-state index contributed by atoms with van der Waals surface area (Å²) >= 11 is 0. The van der Waals surface area contributed by atoms with Crippen molar-refractivity contribution in [3.63, 3.8) is 0 Å². The molecule has 0 atom stereocenters. The van der Waals surface area contributed by atoms with E-state index in [0.29, 0.717) is 19.0 Å². The van der Waals surface area contributed by atoms with Crippen molar-refractivity contribution in [1.82, 2.24) is 4.90 Å². The zero-order valence-corrected chi connectivity index (χ0v) is 12.3. The van der Waals surface area contributed by atoms with Crippen molar-refractivity contribution in [2.24, 2.45) is 11.7 Å². The predicted octanol–water partition coefficient (Wildman–Crippen LogP) is 2.16. The second kappa shape index (κ2) is 4.64. The second-order valence-corrected chi connectivity index (χ2v) is 6.54. The molecule has 0 aromatic heterocycles. The number of nitrogens with zero attached hydrogens (tertiary/aromatic N) is 1. The van der Waals surface area contributed by atoms with Gasteiger partial charge in [-0.2, -0.15) is 0 Å². The number of nitrogens with two attached hydrogens (primary N) is 1. The lowest BCUT2D eigenvalue weighted by Crippen LogP contribution is -2.72. The van der Waals surface area contributed by atoms with E-state index in [1.165, 1.54) is 0 Å². The first kappa shape index (κ1) is 14.1. The van der Waals surface area contributed by atoms with E-state index >= 15 is 0 Å². The van der Waals surface area contributed by atoms with Gasteiger partial charge in [-0.15, -0.1) is 0 Å². The van der Waals surface area contributed by atoms with E-state index in [9.17, 15) is 4.79 Å². The summed E-state index contributed by atoms with van der Waals surface area (Å²) in [6.07, 6.45) is 0. The molecule has 3 nitrogen and oxygen atoms in total. The van der Waals surface area contributed by atoms with E-state index in [1.54, 1.807) is 0 Å². The molecule has 2 N–H and O–H groups in total. The monoisotopic (exact) mass is 260 g/mol. The van der Waals surface area contributed by atoms with Crippen LogP contribution in [0.15, 0.2) is 30.3 Å². The normalized spacial score (nSPS) is 18.3. The third-order valence-electron chi connectivity index (χ3n) is 4.44. The average Bonchev–Trinajstić information content (AvgIpc) is 2.34. The lowest BCUT2D eigenvalue weighted by molar-refractivity contribution is -0.145. The van der Waals surface area contributed by atoms with Crippen molar-refractivity contribution < 1.29 is 4.79 Å². The third kappa shape index (κ3) is 2.39. The van der Waals surface area contributed by atoms with Gasteiger partial charge in [-0.25, -0.2) is 0 Å². The fourth-order valence-electron chi connectivity index (χ4n) is 2.55. The highest BCUT2D eigenvalue weighted by Gasteiger charge is 2.47. The first-order valence-electron chi connectivity index (χ1n) is 6.91. The number of carbonyl (C=O) groups excluding carboxylic acids is 1. The molecule has 1 aromatic rings. The van der Waals surface area contributed by atoms with Gasteiger partial charge in [0, 0.05) is 13.1 Å². The summed E-state index contributed by atoms with van der Waals surface area (Å²) in [5.41, 5.74) is 6.62. The van der Waals surface area contributed by atoms with Crippen molar-refractivity contribution in [2.75, 3.05) is 13.1 Å². The third-order valence-corrected chi connectivity index (χ3v) is 4.44. The van der Waals surface area contributed by atoms with E-state index in [2.05, 4.69) is 13.8 Å². The van der Waals surface area contributed by atoms with Gasteiger partial charge in [-0.3, -0.25) is 4.79 Å². The van der Waals surface area contributed by atoms with E-state index in [-0.39, 0.29) is 11.4 Å². The van der Waals surface area contributed by atoms with Crippen LogP contribution in [0.3, 0.4) is 0 Å². The summed E-state index contributed by atoms with van der Waals surface area (Å²) in [6, 6.07) is 9.94. The number of likely N-dealkylation sites (tertiary alicyclic amines) is 1. The molecule has 0 unspecified atom stereocenters. The summed E-state index contributed by atoms with van der Waals surface area (Å²) in [4.78, 5) is 14.5. The second-order valence-electron chi connectivity index (χ2n) is 6.54. The van der Waals surface area contributed by atoms with Gasteiger partial charge in [-0.1, -0.05) is 44.2 Å². The number of amides is 1. The Morgan fingerprint density at radius 2 is 1.79 bits per heavy atom. The molecule has 3 heteroatoms. The van der Waals surface area contributed by atoms with Crippen LogP contribution in [0, 0.1) is 5.92 Å². The first-order chi connectivity index (χ1) is 8.77. The van der Waals surface area contributed by atoms with Gasteiger partial charge in [0.2, 0.25) is 5.91 Å². The molecule has 0 bridgehead atoms. The Balaban J connectivity index is 2.10. The Bertz CT molecular complexity index is 459. The highest BCUT2D eigenvalue weighted by molar-refractivity contribution is 5.88. The Labute approximate surface area is 115 Å². The summed E-state index contributed by atoms with van der Waals surface area (Å²) in [5.74, 6) is 0.566. The summed E-state index contributed by atoms with van der Waals surface area (Å²) in [6.45, 7) is 9.53. The molecule has 2 rings (SSSR count). The Morgan fingerprint density at radius 3 is 2.26 bits per heavy atom.